The highest BCUT2D eigenvalue weighted by Gasteiger charge is 2.26. The molecule has 2 nitrogen and oxygen atoms in total. The van der Waals surface area contributed by atoms with Crippen molar-refractivity contribution in [3.05, 3.63) is 30.3 Å². The third-order valence-corrected chi connectivity index (χ3v) is 4.03. The molecule has 0 radical (unpaired) electrons. The fourth-order valence-corrected chi connectivity index (χ4v) is 2.26. The lowest BCUT2D eigenvalue weighted by molar-refractivity contribution is 0.171. The first-order chi connectivity index (χ1) is 9.12. The molecule has 0 fully saturated rings. The minimum Gasteiger partial charge on any atom is -0.494 e. The number of ether oxygens (including phenoxy) is 1. The number of hydrogen-bond acceptors (Lipinski definition) is 2. The maximum absolute atomic E-state index is 5.84. The van der Waals surface area contributed by atoms with Gasteiger partial charge >= 0.3 is 0 Å². The average molecular weight is 263 g/mol. The highest BCUT2D eigenvalue weighted by atomic mass is 16.5. The van der Waals surface area contributed by atoms with Crippen LogP contribution in [-0.2, 0) is 0 Å². The van der Waals surface area contributed by atoms with Crippen molar-refractivity contribution in [2.45, 2.75) is 53.0 Å². The van der Waals surface area contributed by atoms with Crippen LogP contribution in [0.3, 0.4) is 0 Å². The van der Waals surface area contributed by atoms with Crippen LogP contribution in [0, 0.1) is 5.41 Å². The Morgan fingerprint density at radius 1 is 1.11 bits per heavy atom. The summed E-state index contributed by atoms with van der Waals surface area (Å²) in [5.41, 5.74) is 0.360. The Morgan fingerprint density at radius 2 is 1.74 bits per heavy atom. The van der Waals surface area contributed by atoms with Crippen LogP contribution in [0.25, 0.3) is 0 Å². The molecule has 1 aromatic carbocycles. The quantitative estimate of drug-likeness (QED) is 0.719. The second-order valence-corrected chi connectivity index (χ2v) is 5.65. The maximum Gasteiger partial charge on any atom is 0.119 e. The van der Waals surface area contributed by atoms with Gasteiger partial charge in [0.25, 0.3) is 0 Å². The van der Waals surface area contributed by atoms with Crippen molar-refractivity contribution in [2.24, 2.45) is 5.41 Å². The van der Waals surface area contributed by atoms with Crippen LogP contribution < -0.4 is 10.1 Å². The lowest BCUT2D eigenvalue weighted by atomic mass is 9.79. The molecule has 0 aliphatic carbocycles. The van der Waals surface area contributed by atoms with Crippen LogP contribution in [0.5, 0.6) is 5.75 Å². The van der Waals surface area contributed by atoms with Gasteiger partial charge in [-0.15, -0.1) is 0 Å². The number of hydrogen-bond donors (Lipinski definition) is 1. The number of benzene rings is 1. The van der Waals surface area contributed by atoms with Crippen molar-refractivity contribution in [3.63, 3.8) is 0 Å². The normalized spacial score (nSPS) is 11.8. The van der Waals surface area contributed by atoms with Gasteiger partial charge in [-0.2, -0.15) is 0 Å². The summed E-state index contributed by atoms with van der Waals surface area (Å²) in [4.78, 5) is 0. The molecule has 0 unspecified atom stereocenters. The van der Waals surface area contributed by atoms with Crippen LogP contribution in [0.15, 0.2) is 30.3 Å². The molecule has 0 aliphatic heterocycles. The third-order valence-electron chi connectivity index (χ3n) is 4.03. The molecule has 0 saturated heterocycles. The minimum absolute atomic E-state index is 0.360. The molecule has 1 N–H and O–H groups in total. The van der Waals surface area contributed by atoms with E-state index in [-0.39, 0.29) is 0 Å². The van der Waals surface area contributed by atoms with E-state index in [2.05, 4.69) is 33.0 Å². The molecule has 0 heterocycles. The van der Waals surface area contributed by atoms with Crippen LogP contribution in [0.1, 0.15) is 47.0 Å². The van der Waals surface area contributed by atoms with Crippen LogP contribution >= 0.6 is 0 Å². The van der Waals surface area contributed by atoms with E-state index in [0.29, 0.717) is 11.5 Å². The first-order valence-corrected chi connectivity index (χ1v) is 7.53. The van der Waals surface area contributed by atoms with E-state index in [9.17, 15) is 0 Å². The summed E-state index contributed by atoms with van der Waals surface area (Å²) < 4.78 is 5.84. The van der Waals surface area contributed by atoms with Crippen LogP contribution in [0.4, 0.5) is 0 Å². The smallest absolute Gasteiger partial charge is 0.119 e. The highest BCUT2D eigenvalue weighted by Crippen LogP contribution is 2.30. The van der Waals surface area contributed by atoms with Gasteiger partial charge in [0.05, 0.1) is 6.61 Å². The first-order valence-electron chi connectivity index (χ1n) is 7.53. The van der Waals surface area contributed by atoms with Crippen molar-refractivity contribution in [3.8, 4) is 5.75 Å². The topological polar surface area (TPSA) is 21.3 Å². The Balaban J connectivity index is 2.44. The van der Waals surface area contributed by atoms with Gasteiger partial charge in [0.15, 0.2) is 0 Å². The second kappa shape index (κ2) is 8.21. The summed E-state index contributed by atoms with van der Waals surface area (Å²) in [6.45, 7) is 10.9. The molecule has 2 heteroatoms. The van der Waals surface area contributed by atoms with Crippen LogP contribution in [-0.4, -0.2) is 19.2 Å². The third kappa shape index (κ3) is 5.65. The van der Waals surface area contributed by atoms with Crippen molar-refractivity contribution >= 4 is 0 Å². The first kappa shape index (κ1) is 16.0. The molecule has 1 aromatic rings. The fraction of sp³-hybridized carbons (Fsp3) is 0.647. The van der Waals surface area contributed by atoms with Crippen molar-refractivity contribution in [1.29, 1.82) is 0 Å². The fourth-order valence-electron chi connectivity index (χ4n) is 2.26. The lowest BCUT2D eigenvalue weighted by Crippen LogP contribution is -2.38. The second-order valence-electron chi connectivity index (χ2n) is 5.65. The Bertz CT molecular complexity index is 330. The SMILES string of the molecule is CCC(CC)(CCOc1ccccc1)CNC(C)C. The van der Waals surface area contributed by atoms with Gasteiger partial charge in [0.2, 0.25) is 0 Å². The molecule has 0 bridgehead atoms. The summed E-state index contributed by atoms with van der Waals surface area (Å²) >= 11 is 0. The van der Waals surface area contributed by atoms with Crippen molar-refractivity contribution in [1.82, 2.24) is 5.32 Å². The molecule has 0 aromatic heterocycles. The van der Waals surface area contributed by atoms with E-state index in [1.54, 1.807) is 0 Å². The zero-order valence-corrected chi connectivity index (χ0v) is 12.9. The predicted octanol–water partition coefficient (Wildman–Crippen LogP) is 4.26. The lowest BCUT2D eigenvalue weighted by Gasteiger charge is -2.33. The summed E-state index contributed by atoms with van der Waals surface area (Å²) in [5.74, 6) is 0.973. The van der Waals surface area contributed by atoms with E-state index in [4.69, 9.17) is 4.74 Å². The maximum atomic E-state index is 5.84. The monoisotopic (exact) mass is 263 g/mol. The summed E-state index contributed by atoms with van der Waals surface area (Å²) in [6.07, 6.45) is 3.50. The van der Waals surface area contributed by atoms with Gasteiger partial charge in [0.1, 0.15) is 5.75 Å². The largest absolute Gasteiger partial charge is 0.494 e. The Hall–Kier alpha value is -1.02. The van der Waals surface area contributed by atoms with Gasteiger partial charge < -0.3 is 10.1 Å². The van der Waals surface area contributed by atoms with E-state index >= 15 is 0 Å². The van der Waals surface area contributed by atoms with Gasteiger partial charge in [-0.05, 0) is 36.8 Å². The molecular weight excluding hydrogens is 234 g/mol. The van der Waals surface area contributed by atoms with Crippen molar-refractivity contribution < 1.29 is 4.74 Å². The summed E-state index contributed by atoms with van der Waals surface area (Å²) in [6, 6.07) is 10.6. The molecule has 19 heavy (non-hydrogen) atoms. The van der Waals surface area contributed by atoms with E-state index < -0.39 is 0 Å². The number of rotatable bonds is 9. The molecule has 108 valence electrons. The number of para-hydroxylation sites is 1. The molecule has 0 spiro atoms. The van der Waals surface area contributed by atoms with E-state index in [1.807, 2.05) is 30.3 Å². The van der Waals surface area contributed by atoms with Gasteiger partial charge in [-0.1, -0.05) is 45.9 Å². The number of nitrogens with one attached hydrogen (secondary N) is 1. The molecule has 0 aliphatic rings. The predicted molar refractivity (Wildman–Crippen MR) is 82.7 cm³/mol. The van der Waals surface area contributed by atoms with Crippen molar-refractivity contribution in [2.75, 3.05) is 13.2 Å². The van der Waals surface area contributed by atoms with Gasteiger partial charge in [0, 0.05) is 12.6 Å². The summed E-state index contributed by atoms with van der Waals surface area (Å²) in [7, 11) is 0. The van der Waals surface area contributed by atoms with Crippen LogP contribution in [0.2, 0.25) is 0 Å². The van der Waals surface area contributed by atoms with Gasteiger partial charge in [-0.25, -0.2) is 0 Å². The Labute approximate surface area is 118 Å². The highest BCUT2D eigenvalue weighted by molar-refractivity contribution is 5.20. The molecular formula is C17H29NO. The average Bonchev–Trinajstić information content (AvgIpc) is 2.44. The minimum atomic E-state index is 0.360. The summed E-state index contributed by atoms with van der Waals surface area (Å²) in [5, 5.41) is 3.58. The van der Waals surface area contributed by atoms with Gasteiger partial charge in [-0.3, -0.25) is 0 Å². The molecule has 0 saturated carbocycles. The van der Waals surface area contributed by atoms with E-state index in [0.717, 1.165) is 25.3 Å². The standard InChI is InChI=1S/C17H29NO/c1-5-17(6-2,14-18-15(3)4)12-13-19-16-10-8-7-9-11-16/h7-11,15,18H,5-6,12-14H2,1-4H3. The molecule has 0 atom stereocenters. The molecule has 0 amide bonds. The zero-order valence-electron chi connectivity index (χ0n) is 12.9. The Kier molecular flexibility index (Phi) is 6.93. The Morgan fingerprint density at radius 3 is 2.26 bits per heavy atom. The zero-order chi connectivity index (χ0) is 14.1. The molecule has 1 rings (SSSR count). The van der Waals surface area contributed by atoms with E-state index in [1.165, 1.54) is 12.8 Å².